The van der Waals surface area contributed by atoms with Gasteiger partial charge < -0.3 is 15.4 Å². The number of carbonyl (C=O) groups excluding carboxylic acids is 3. The molecule has 2 aliphatic heterocycles. The molecule has 7 nitrogen and oxygen atoms in total. The second-order valence-electron chi connectivity index (χ2n) is 8.58. The predicted octanol–water partition coefficient (Wildman–Crippen LogP) is 3.41. The number of halogens is 1. The van der Waals surface area contributed by atoms with Gasteiger partial charge in [-0.25, -0.2) is 9.18 Å². The summed E-state index contributed by atoms with van der Waals surface area (Å²) in [4.78, 5) is 36.5. The fourth-order valence-electron chi connectivity index (χ4n) is 4.31. The Morgan fingerprint density at radius 3 is 2.70 bits per heavy atom. The van der Waals surface area contributed by atoms with Crippen molar-refractivity contribution < 1.29 is 23.5 Å². The quantitative estimate of drug-likeness (QED) is 0.673. The average molecular weight is 454 g/mol. The highest BCUT2D eigenvalue weighted by Gasteiger charge is 2.32. The van der Waals surface area contributed by atoms with Crippen LogP contribution in [0.3, 0.4) is 0 Å². The number of nitrogens with zero attached hydrogens (tertiary/aromatic N) is 1. The van der Waals surface area contributed by atoms with Crippen molar-refractivity contribution in [2.75, 3.05) is 24.5 Å². The van der Waals surface area contributed by atoms with Crippen LogP contribution < -0.4 is 15.5 Å². The third-order valence-electron chi connectivity index (χ3n) is 6.16. The summed E-state index contributed by atoms with van der Waals surface area (Å²) in [5, 5.41) is 5.54. The summed E-state index contributed by atoms with van der Waals surface area (Å²) in [5.41, 5.74) is 2.71. The third kappa shape index (κ3) is 5.50. The van der Waals surface area contributed by atoms with Crippen LogP contribution in [0.5, 0.6) is 0 Å². The molecule has 33 heavy (non-hydrogen) atoms. The Hall–Kier alpha value is -3.42. The Kier molecular flexibility index (Phi) is 6.91. The molecule has 0 radical (unpaired) electrons. The Labute approximate surface area is 192 Å². The van der Waals surface area contributed by atoms with Crippen molar-refractivity contribution in [3.8, 4) is 11.1 Å². The molecular formula is C25H28FN3O4. The van der Waals surface area contributed by atoms with E-state index in [4.69, 9.17) is 4.74 Å². The molecule has 1 unspecified atom stereocenters. The maximum atomic E-state index is 14.9. The molecular weight excluding hydrogens is 425 g/mol. The van der Waals surface area contributed by atoms with Gasteiger partial charge in [-0.1, -0.05) is 24.3 Å². The lowest BCUT2D eigenvalue weighted by Crippen LogP contribution is -2.36. The minimum Gasteiger partial charge on any atom is -0.442 e. The van der Waals surface area contributed by atoms with Crippen LogP contribution in [0.2, 0.25) is 0 Å². The standard InChI is InChI=1S/C25H28FN3O4/c1-16(30)28-14-21-15-29(25(32)33-21)20-10-11-22(23(26)13-20)18-7-4-17(5-8-18)6-9-19-3-2-12-27-24(19)31/h4-5,7-8,10-11,13,19,21H,2-3,6,9,12,14-15H2,1H3,(H,27,31)(H,28,30)/t19?,21-/m0/s1. The molecule has 4 rings (SSSR count). The van der Waals surface area contributed by atoms with E-state index in [9.17, 15) is 18.8 Å². The molecule has 2 atom stereocenters. The smallest absolute Gasteiger partial charge is 0.414 e. The fourth-order valence-corrected chi connectivity index (χ4v) is 4.31. The number of piperidine rings is 1. The number of carbonyl (C=O) groups is 3. The molecule has 0 bridgehead atoms. The number of ether oxygens (including phenoxy) is 1. The number of rotatable bonds is 7. The fraction of sp³-hybridized carbons (Fsp3) is 0.400. The van der Waals surface area contributed by atoms with Crippen LogP contribution in [0.15, 0.2) is 42.5 Å². The first kappa shape index (κ1) is 22.8. The molecule has 0 aliphatic carbocycles. The topological polar surface area (TPSA) is 87.7 Å². The lowest BCUT2D eigenvalue weighted by molar-refractivity contribution is -0.126. The molecule has 2 aliphatic rings. The van der Waals surface area contributed by atoms with Gasteiger partial charge in [0.1, 0.15) is 11.9 Å². The summed E-state index contributed by atoms with van der Waals surface area (Å²) in [6.45, 7) is 2.62. The predicted molar refractivity (Wildman–Crippen MR) is 122 cm³/mol. The maximum Gasteiger partial charge on any atom is 0.414 e. The van der Waals surface area contributed by atoms with Gasteiger partial charge >= 0.3 is 6.09 Å². The molecule has 0 spiro atoms. The highest BCUT2D eigenvalue weighted by atomic mass is 19.1. The van der Waals surface area contributed by atoms with Crippen LogP contribution in [0.4, 0.5) is 14.9 Å². The third-order valence-corrected chi connectivity index (χ3v) is 6.16. The van der Waals surface area contributed by atoms with Gasteiger partial charge in [-0.05, 0) is 55.0 Å². The molecule has 174 valence electrons. The SMILES string of the molecule is CC(=O)NC[C@H]1CN(c2ccc(-c3ccc(CCC4CCCNC4=O)cc3)c(F)c2)C(=O)O1. The normalized spacial score (nSPS) is 20.4. The van der Waals surface area contributed by atoms with Gasteiger partial charge in [-0.3, -0.25) is 14.5 Å². The molecule has 0 saturated carbocycles. The molecule has 2 fully saturated rings. The van der Waals surface area contributed by atoms with E-state index in [0.717, 1.165) is 43.4 Å². The number of anilines is 1. The van der Waals surface area contributed by atoms with Crippen LogP contribution in [0.1, 0.15) is 31.7 Å². The zero-order valence-electron chi connectivity index (χ0n) is 18.6. The van der Waals surface area contributed by atoms with E-state index >= 15 is 0 Å². The van der Waals surface area contributed by atoms with Crippen molar-refractivity contribution >= 4 is 23.6 Å². The summed E-state index contributed by atoms with van der Waals surface area (Å²) in [7, 11) is 0. The number of aryl methyl sites for hydroxylation is 1. The van der Waals surface area contributed by atoms with Gasteiger partial charge in [0.25, 0.3) is 0 Å². The van der Waals surface area contributed by atoms with E-state index in [-0.39, 0.29) is 30.8 Å². The monoisotopic (exact) mass is 453 g/mol. The number of hydrogen-bond donors (Lipinski definition) is 2. The first-order valence-corrected chi connectivity index (χ1v) is 11.3. The summed E-state index contributed by atoms with van der Waals surface area (Å²) >= 11 is 0. The van der Waals surface area contributed by atoms with Gasteiger partial charge in [0, 0.05) is 24.9 Å². The van der Waals surface area contributed by atoms with Crippen molar-refractivity contribution in [2.45, 2.75) is 38.7 Å². The minimum atomic E-state index is -0.562. The second-order valence-corrected chi connectivity index (χ2v) is 8.58. The molecule has 8 heteroatoms. The zero-order valence-corrected chi connectivity index (χ0v) is 18.6. The highest BCUT2D eigenvalue weighted by Crippen LogP contribution is 2.29. The van der Waals surface area contributed by atoms with E-state index < -0.39 is 18.0 Å². The summed E-state index contributed by atoms with van der Waals surface area (Å²) in [6.07, 6.45) is 2.53. The van der Waals surface area contributed by atoms with Gasteiger partial charge in [0.2, 0.25) is 11.8 Å². The van der Waals surface area contributed by atoms with Gasteiger partial charge in [0.05, 0.1) is 18.8 Å². The largest absolute Gasteiger partial charge is 0.442 e. The first-order chi connectivity index (χ1) is 15.9. The molecule has 3 amide bonds. The second kappa shape index (κ2) is 10.0. The van der Waals surface area contributed by atoms with Crippen LogP contribution in [-0.2, 0) is 20.7 Å². The number of hydrogen-bond acceptors (Lipinski definition) is 4. The average Bonchev–Trinajstić information content (AvgIpc) is 3.18. The van der Waals surface area contributed by atoms with Crippen molar-refractivity contribution in [2.24, 2.45) is 5.92 Å². The molecule has 2 aromatic rings. The van der Waals surface area contributed by atoms with Gasteiger partial charge in [-0.2, -0.15) is 0 Å². The Morgan fingerprint density at radius 2 is 2.00 bits per heavy atom. The van der Waals surface area contributed by atoms with E-state index in [1.54, 1.807) is 12.1 Å². The molecule has 2 N–H and O–H groups in total. The minimum absolute atomic E-state index is 0.0681. The molecule has 0 aromatic heterocycles. The highest BCUT2D eigenvalue weighted by molar-refractivity contribution is 5.90. The van der Waals surface area contributed by atoms with Gasteiger partial charge in [-0.15, -0.1) is 0 Å². The number of cyclic esters (lactones) is 1. The lowest BCUT2D eigenvalue weighted by Gasteiger charge is -2.21. The van der Waals surface area contributed by atoms with Crippen LogP contribution in [0.25, 0.3) is 11.1 Å². The van der Waals surface area contributed by atoms with Crippen LogP contribution in [0, 0.1) is 11.7 Å². The molecule has 2 heterocycles. The zero-order chi connectivity index (χ0) is 23.4. The maximum absolute atomic E-state index is 14.9. The Balaban J connectivity index is 1.39. The van der Waals surface area contributed by atoms with E-state index in [1.807, 2.05) is 24.3 Å². The van der Waals surface area contributed by atoms with Crippen molar-refractivity contribution in [3.05, 3.63) is 53.8 Å². The van der Waals surface area contributed by atoms with E-state index in [2.05, 4.69) is 10.6 Å². The van der Waals surface area contributed by atoms with Crippen molar-refractivity contribution in [3.63, 3.8) is 0 Å². The molecule has 2 saturated heterocycles. The van der Waals surface area contributed by atoms with Crippen molar-refractivity contribution in [1.82, 2.24) is 10.6 Å². The van der Waals surface area contributed by atoms with Gasteiger partial charge in [0.15, 0.2) is 0 Å². The number of amides is 3. The summed E-state index contributed by atoms with van der Waals surface area (Å²) in [5.74, 6) is -0.426. The van der Waals surface area contributed by atoms with Crippen LogP contribution in [-0.4, -0.2) is 43.6 Å². The Morgan fingerprint density at radius 1 is 1.21 bits per heavy atom. The first-order valence-electron chi connectivity index (χ1n) is 11.3. The Bertz CT molecular complexity index is 1040. The van der Waals surface area contributed by atoms with E-state index in [0.29, 0.717) is 11.3 Å². The van der Waals surface area contributed by atoms with Crippen molar-refractivity contribution in [1.29, 1.82) is 0 Å². The summed E-state index contributed by atoms with van der Waals surface area (Å²) < 4.78 is 20.2. The molecule has 2 aromatic carbocycles. The van der Waals surface area contributed by atoms with Crippen LogP contribution >= 0.6 is 0 Å². The number of nitrogens with one attached hydrogen (secondary N) is 2. The van der Waals surface area contributed by atoms with E-state index in [1.165, 1.54) is 17.9 Å². The summed E-state index contributed by atoms with van der Waals surface area (Å²) in [6, 6.07) is 12.4. The number of benzene rings is 2. The lowest BCUT2D eigenvalue weighted by atomic mass is 9.91.